The molecule has 29 heavy (non-hydrogen) atoms. The van der Waals surface area contributed by atoms with Crippen LogP contribution in [0.4, 0.5) is 0 Å². The molecule has 1 rings (SSSR count). The highest BCUT2D eigenvalue weighted by Gasteiger charge is 2.15. The summed E-state index contributed by atoms with van der Waals surface area (Å²) in [5.41, 5.74) is 8.27. The highest BCUT2D eigenvalue weighted by atomic mass is 14.2. The Labute approximate surface area is 182 Å². The van der Waals surface area contributed by atoms with Gasteiger partial charge < -0.3 is 0 Å². The molecule has 1 aromatic carbocycles. The van der Waals surface area contributed by atoms with Crippen LogP contribution in [0.15, 0.2) is 12.6 Å². The summed E-state index contributed by atoms with van der Waals surface area (Å²) in [4.78, 5) is 0. The first-order valence-corrected chi connectivity index (χ1v) is 12.5. The minimum absolute atomic E-state index is 0.991. The second-order valence-electron chi connectivity index (χ2n) is 8.31. The van der Waals surface area contributed by atoms with E-state index < -0.39 is 0 Å². The summed E-state index contributed by atoms with van der Waals surface area (Å²) in [5.74, 6) is 7.10. The summed E-state index contributed by atoms with van der Waals surface area (Å²) < 4.78 is 0. The minimum atomic E-state index is 0.991. The monoisotopic (exact) mass is 394 g/mol. The molecule has 0 aromatic heterocycles. The lowest BCUT2D eigenvalue weighted by molar-refractivity contribution is 0.567. The molecule has 0 aliphatic heterocycles. The molecule has 0 saturated heterocycles. The number of benzene rings is 1. The summed E-state index contributed by atoms with van der Waals surface area (Å²) in [6.07, 6.45) is 17.6. The molecule has 0 heterocycles. The van der Waals surface area contributed by atoms with Crippen LogP contribution in [0, 0.1) is 11.8 Å². The molecule has 0 aliphatic rings. The van der Waals surface area contributed by atoms with Crippen molar-refractivity contribution in [3.05, 3.63) is 40.5 Å². The highest BCUT2D eigenvalue weighted by Crippen LogP contribution is 2.30. The van der Waals surface area contributed by atoms with Crippen molar-refractivity contribution in [2.24, 2.45) is 0 Å². The predicted molar refractivity (Wildman–Crippen MR) is 133 cm³/mol. The number of hydrogen-bond acceptors (Lipinski definition) is 0. The Morgan fingerprint density at radius 3 is 1.86 bits per heavy atom. The van der Waals surface area contributed by atoms with Crippen LogP contribution in [0.25, 0.3) is 5.57 Å². The lowest BCUT2D eigenvalue weighted by atomic mass is 9.85. The molecule has 0 N–H and O–H groups in total. The van der Waals surface area contributed by atoms with Crippen LogP contribution in [-0.2, 0) is 19.3 Å². The third kappa shape index (κ3) is 8.42. The van der Waals surface area contributed by atoms with E-state index in [9.17, 15) is 0 Å². The van der Waals surface area contributed by atoms with Crippen molar-refractivity contribution in [1.29, 1.82) is 0 Å². The molecule has 0 radical (unpaired) electrons. The number of unbranched alkanes of at least 4 members (excludes halogenated alkanes) is 9. The van der Waals surface area contributed by atoms with Crippen molar-refractivity contribution in [3.63, 3.8) is 0 Å². The fraction of sp³-hybridized carbons (Fsp3) is 0.655. The van der Waals surface area contributed by atoms with E-state index >= 15 is 0 Å². The Hall–Kier alpha value is -1.48. The van der Waals surface area contributed by atoms with Gasteiger partial charge in [-0.15, -0.1) is 0 Å². The fourth-order valence-corrected chi connectivity index (χ4v) is 4.27. The van der Waals surface area contributed by atoms with Gasteiger partial charge in [0.05, 0.1) is 0 Å². The van der Waals surface area contributed by atoms with Gasteiger partial charge in [0.1, 0.15) is 0 Å². The molecule has 0 amide bonds. The molecule has 0 fully saturated rings. The molecule has 0 bridgehead atoms. The smallest absolute Gasteiger partial charge is 0.0355 e. The Morgan fingerprint density at radius 1 is 0.759 bits per heavy atom. The van der Waals surface area contributed by atoms with Crippen molar-refractivity contribution >= 4 is 5.57 Å². The molecule has 0 nitrogen and oxygen atoms in total. The van der Waals surface area contributed by atoms with Crippen LogP contribution in [-0.4, -0.2) is 0 Å². The van der Waals surface area contributed by atoms with Gasteiger partial charge in [0.2, 0.25) is 0 Å². The summed E-state index contributed by atoms with van der Waals surface area (Å²) in [7, 11) is 0. The highest BCUT2D eigenvalue weighted by molar-refractivity contribution is 5.73. The molecule has 0 unspecified atom stereocenters. The maximum absolute atomic E-state index is 4.35. The normalized spacial score (nSPS) is 10.7. The van der Waals surface area contributed by atoms with Crippen LogP contribution in [0.2, 0.25) is 0 Å². The number of aryl methyl sites for hydroxylation is 1. The Kier molecular flexibility index (Phi) is 13.5. The lowest BCUT2D eigenvalue weighted by Gasteiger charge is -2.19. The molecular weight excluding hydrogens is 348 g/mol. The molecule has 162 valence electrons. The quantitative estimate of drug-likeness (QED) is 0.218. The minimum Gasteiger partial charge on any atom is -0.0979 e. The first-order valence-electron chi connectivity index (χ1n) is 12.5. The van der Waals surface area contributed by atoms with Gasteiger partial charge in [0.15, 0.2) is 0 Å². The van der Waals surface area contributed by atoms with Crippen molar-refractivity contribution in [2.45, 2.75) is 125 Å². The Morgan fingerprint density at radius 2 is 1.34 bits per heavy atom. The van der Waals surface area contributed by atoms with Gasteiger partial charge in [-0.25, -0.2) is 0 Å². The van der Waals surface area contributed by atoms with Crippen molar-refractivity contribution in [2.75, 3.05) is 0 Å². The van der Waals surface area contributed by atoms with Crippen molar-refractivity contribution in [3.8, 4) is 11.8 Å². The molecule has 0 spiro atoms. The van der Waals surface area contributed by atoms with Crippen LogP contribution in [0.3, 0.4) is 0 Å². The van der Waals surface area contributed by atoms with Crippen LogP contribution >= 0.6 is 0 Å². The predicted octanol–water partition coefficient (Wildman–Crippen LogP) is 9.07. The Balaban J connectivity index is 2.74. The van der Waals surface area contributed by atoms with E-state index in [0.717, 1.165) is 32.1 Å². The van der Waals surface area contributed by atoms with Crippen LogP contribution in [0.1, 0.15) is 133 Å². The number of rotatable bonds is 14. The number of allylic oxidation sites excluding steroid dienone is 1. The van der Waals surface area contributed by atoms with E-state index in [1.807, 2.05) is 0 Å². The van der Waals surface area contributed by atoms with Crippen molar-refractivity contribution in [1.82, 2.24) is 0 Å². The lowest BCUT2D eigenvalue weighted by Crippen LogP contribution is -2.05. The van der Waals surface area contributed by atoms with Gasteiger partial charge >= 0.3 is 0 Å². The van der Waals surface area contributed by atoms with Gasteiger partial charge in [-0.3, -0.25) is 0 Å². The molecule has 0 heteroatoms. The van der Waals surface area contributed by atoms with Crippen molar-refractivity contribution < 1.29 is 0 Å². The van der Waals surface area contributed by atoms with Gasteiger partial charge in [0.25, 0.3) is 0 Å². The largest absolute Gasteiger partial charge is 0.0979 e. The van der Waals surface area contributed by atoms with E-state index in [1.165, 1.54) is 91.2 Å². The average molecular weight is 395 g/mol. The summed E-state index contributed by atoms with van der Waals surface area (Å²) in [6, 6.07) is 2.38. The summed E-state index contributed by atoms with van der Waals surface area (Å²) in [5, 5.41) is 0. The fourth-order valence-electron chi connectivity index (χ4n) is 4.27. The SMILES string of the molecule is C=C(CC)c1cc(CC)c(CC)c(CC)c1C#CCCCCCCCCCCC. The molecule has 0 aliphatic carbocycles. The molecular formula is C29H46. The average Bonchev–Trinajstić information content (AvgIpc) is 2.75. The first-order chi connectivity index (χ1) is 14.1. The van der Waals surface area contributed by atoms with Crippen LogP contribution < -0.4 is 0 Å². The standard InChI is InChI=1S/C29H46/c1-7-12-13-14-15-16-17-18-19-20-21-22-28-27(11-5)26(10-4)25(9-3)23-29(28)24(6)8-2/h23H,6-20H2,1-5H3. The van der Waals surface area contributed by atoms with Crippen LogP contribution in [0.5, 0.6) is 0 Å². The molecule has 0 atom stereocenters. The zero-order valence-corrected chi connectivity index (χ0v) is 20.2. The van der Waals surface area contributed by atoms with E-state index in [0.29, 0.717) is 0 Å². The topological polar surface area (TPSA) is 0 Å². The zero-order chi connectivity index (χ0) is 21.5. The maximum atomic E-state index is 4.35. The second kappa shape index (κ2) is 15.4. The third-order valence-corrected chi connectivity index (χ3v) is 6.16. The van der Waals surface area contributed by atoms with E-state index in [2.05, 4.69) is 59.1 Å². The second-order valence-corrected chi connectivity index (χ2v) is 8.31. The van der Waals surface area contributed by atoms with Gasteiger partial charge in [-0.1, -0.05) is 104 Å². The third-order valence-electron chi connectivity index (χ3n) is 6.16. The van der Waals surface area contributed by atoms with E-state index in [4.69, 9.17) is 0 Å². The van der Waals surface area contributed by atoms with E-state index in [1.54, 1.807) is 0 Å². The summed E-state index contributed by atoms with van der Waals surface area (Å²) >= 11 is 0. The maximum Gasteiger partial charge on any atom is 0.0355 e. The first kappa shape index (κ1) is 25.6. The molecule has 0 saturated carbocycles. The van der Waals surface area contributed by atoms with Gasteiger partial charge in [0, 0.05) is 12.0 Å². The van der Waals surface area contributed by atoms with E-state index in [-0.39, 0.29) is 0 Å². The molecule has 1 aromatic rings. The summed E-state index contributed by atoms with van der Waals surface area (Å²) in [6.45, 7) is 15.7. The Bertz CT molecular complexity index is 666. The van der Waals surface area contributed by atoms with Gasteiger partial charge in [-0.2, -0.15) is 0 Å². The number of hydrogen-bond donors (Lipinski definition) is 0. The van der Waals surface area contributed by atoms with Gasteiger partial charge in [-0.05, 0) is 66.0 Å². The zero-order valence-electron chi connectivity index (χ0n) is 20.2.